The van der Waals surface area contributed by atoms with Crippen LogP contribution in [0.1, 0.15) is 56.9 Å². The van der Waals surface area contributed by atoms with Crippen LogP contribution in [0.15, 0.2) is 42.6 Å². The maximum Gasteiger partial charge on any atom is 0.272 e. The minimum atomic E-state index is 0.0332. The smallest absolute Gasteiger partial charge is 0.272 e. The van der Waals surface area contributed by atoms with Gasteiger partial charge < -0.3 is 15.0 Å². The molecule has 1 atom stereocenters. The van der Waals surface area contributed by atoms with E-state index < -0.39 is 0 Å². The number of aromatic nitrogens is 1. The molecule has 5 heteroatoms. The molecule has 0 spiro atoms. The Labute approximate surface area is 161 Å². The highest BCUT2D eigenvalue weighted by atomic mass is 16.5. The number of nitrogens with zero attached hydrogens (tertiary/aromatic N) is 2. The second-order valence-electron chi connectivity index (χ2n) is 7.30. The Morgan fingerprint density at radius 2 is 2.00 bits per heavy atom. The summed E-state index contributed by atoms with van der Waals surface area (Å²) >= 11 is 0. The molecule has 0 radical (unpaired) electrons. The van der Waals surface area contributed by atoms with E-state index in [-0.39, 0.29) is 12.0 Å². The second kappa shape index (κ2) is 8.89. The quantitative estimate of drug-likeness (QED) is 0.779. The van der Waals surface area contributed by atoms with Gasteiger partial charge in [0, 0.05) is 30.2 Å². The molecule has 1 N–H and O–H groups in total. The zero-order valence-electron chi connectivity index (χ0n) is 16.4. The molecule has 0 aliphatic carbocycles. The number of ether oxygens (including phenoxy) is 1. The number of rotatable bonds is 6. The number of carbonyl (C=O) groups is 1. The fourth-order valence-corrected chi connectivity index (χ4v) is 3.52. The number of amides is 1. The number of piperidine rings is 1. The topological polar surface area (TPSA) is 54.5 Å². The molecule has 1 saturated heterocycles. The van der Waals surface area contributed by atoms with Crippen molar-refractivity contribution in [3.8, 4) is 5.75 Å². The Hall–Kier alpha value is -2.56. The third-order valence-electron chi connectivity index (χ3n) is 4.85. The van der Waals surface area contributed by atoms with Gasteiger partial charge in [0.05, 0.1) is 6.10 Å². The lowest BCUT2D eigenvalue weighted by Crippen LogP contribution is -2.43. The maximum absolute atomic E-state index is 12.9. The van der Waals surface area contributed by atoms with Gasteiger partial charge >= 0.3 is 0 Å². The number of carbonyl (C=O) groups excluding carboxylic acids is 1. The molecule has 1 fully saturated rings. The van der Waals surface area contributed by atoms with Gasteiger partial charge in [-0.2, -0.15) is 0 Å². The standard InChI is InChI=1S/C22H29N3O2/c1-4-19-7-5-6-14-25(19)22(26)21-15-18(12-13-23-21)24-17-8-10-20(11-9-17)27-16(2)3/h8-13,15-16,19H,4-7,14H2,1-3H3,(H,23,24). The van der Waals surface area contributed by atoms with Crippen molar-refractivity contribution in [2.75, 3.05) is 11.9 Å². The highest BCUT2D eigenvalue weighted by Crippen LogP contribution is 2.24. The van der Waals surface area contributed by atoms with E-state index in [4.69, 9.17) is 4.74 Å². The Morgan fingerprint density at radius 1 is 1.22 bits per heavy atom. The molecular weight excluding hydrogens is 338 g/mol. The molecule has 1 aromatic heterocycles. The molecule has 1 aliphatic rings. The zero-order valence-corrected chi connectivity index (χ0v) is 16.4. The van der Waals surface area contributed by atoms with Crippen molar-refractivity contribution in [3.05, 3.63) is 48.3 Å². The first-order valence-corrected chi connectivity index (χ1v) is 9.87. The summed E-state index contributed by atoms with van der Waals surface area (Å²) in [5, 5.41) is 3.34. The number of likely N-dealkylation sites (tertiary alicyclic amines) is 1. The summed E-state index contributed by atoms with van der Waals surface area (Å²) in [6.07, 6.45) is 6.20. The largest absolute Gasteiger partial charge is 0.491 e. The summed E-state index contributed by atoms with van der Waals surface area (Å²) in [4.78, 5) is 19.3. The Kier molecular flexibility index (Phi) is 6.32. The van der Waals surface area contributed by atoms with Crippen molar-refractivity contribution in [3.63, 3.8) is 0 Å². The normalized spacial score (nSPS) is 17.0. The van der Waals surface area contributed by atoms with E-state index in [1.807, 2.05) is 55.1 Å². The van der Waals surface area contributed by atoms with Gasteiger partial charge in [0.1, 0.15) is 11.4 Å². The van der Waals surface area contributed by atoms with Crippen molar-refractivity contribution in [2.45, 2.75) is 58.6 Å². The van der Waals surface area contributed by atoms with Crippen LogP contribution in [-0.2, 0) is 0 Å². The summed E-state index contributed by atoms with van der Waals surface area (Å²) in [5.74, 6) is 0.878. The summed E-state index contributed by atoms with van der Waals surface area (Å²) < 4.78 is 5.67. The lowest BCUT2D eigenvalue weighted by atomic mass is 9.99. The highest BCUT2D eigenvalue weighted by molar-refractivity contribution is 5.93. The SMILES string of the molecule is CCC1CCCCN1C(=O)c1cc(Nc2ccc(OC(C)C)cc2)ccn1. The number of hydrogen-bond acceptors (Lipinski definition) is 4. The molecule has 1 amide bonds. The van der Waals surface area contributed by atoms with E-state index in [1.165, 1.54) is 6.42 Å². The first kappa shape index (κ1) is 19.2. The lowest BCUT2D eigenvalue weighted by molar-refractivity contribution is 0.0602. The second-order valence-corrected chi connectivity index (χ2v) is 7.30. The fourth-order valence-electron chi connectivity index (χ4n) is 3.52. The van der Waals surface area contributed by atoms with Gasteiger partial charge in [-0.1, -0.05) is 6.92 Å². The van der Waals surface area contributed by atoms with Crippen LogP contribution in [0.2, 0.25) is 0 Å². The van der Waals surface area contributed by atoms with Gasteiger partial charge in [0.2, 0.25) is 0 Å². The number of nitrogens with one attached hydrogen (secondary N) is 1. The molecule has 1 aromatic carbocycles. The summed E-state index contributed by atoms with van der Waals surface area (Å²) in [6, 6.07) is 11.9. The van der Waals surface area contributed by atoms with E-state index in [0.717, 1.165) is 42.9 Å². The molecule has 144 valence electrons. The minimum Gasteiger partial charge on any atom is -0.491 e. The molecule has 1 aliphatic heterocycles. The first-order valence-electron chi connectivity index (χ1n) is 9.87. The van der Waals surface area contributed by atoms with Gasteiger partial charge in [0.15, 0.2) is 0 Å². The van der Waals surface area contributed by atoms with E-state index in [2.05, 4.69) is 17.2 Å². The van der Waals surface area contributed by atoms with Crippen molar-refractivity contribution in [2.24, 2.45) is 0 Å². The summed E-state index contributed by atoms with van der Waals surface area (Å²) in [5.41, 5.74) is 2.30. The molecule has 0 bridgehead atoms. The van der Waals surface area contributed by atoms with Crippen molar-refractivity contribution < 1.29 is 9.53 Å². The van der Waals surface area contributed by atoms with E-state index >= 15 is 0 Å². The monoisotopic (exact) mass is 367 g/mol. The van der Waals surface area contributed by atoms with E-state index in [1.54, 1.807) is 6.20 Å². The Balaban J connectivity index is 1.70. The maximum atomic E-state index is 12.9. The average Bonchev–Trinajstić information content (AvgIpc) is 2.69. The molecular formula is C22H29N3O2. The van der Waals surface area contributed by atoms with Crippen LogP contribution in [-0.4, -0.2) is 34.5 Å². The van der Waals surface area contributed by atoms with Crippen LogP contribution in [0.4, 0.5) is 11.4 Å². The molecule has 2 heterocycles. The third-order valence-corrected chi connectivity index (χ3v) is 4.85. The van der Waals surface area contributed by atoms with Crippen LogP contribution in [0, 0.1) is 0 Å². The van der Waals surface area contributed by atoms with Crippen LogP contribution < -0.4 is 10.1 Å². The number of hydrogen-bond donors (Lipinski definition) is 1. The molecule has 3 rings (SSSR count). The zero-order chi connectivity index (χ0) is 19.2. The van der Waals surface area contributed by atoms with Crippen LogP contribution >= 0.6 is 0 Å². The van der Waals surface area contributed by atoms with Crippen LogP contribution in [0.25, 0.3) is 0 Å². The van der Waals surface area contributed by atoms with Gasteiger partial charge in [-0.25, -0.2) is 0 Å². The first-order chi connectivity index (χ1) is 13.1. The third kappa shape index (κ3) is 5.00. The van der Waals surface area contributed by atoms with Crippen molar-refractivity contribution in [1.82, 2.24) is 9.88 Å². The molecule has 27 heavy (non-hydrogen) atoms. The predicted molar refractivity (Wildman–Crippen MR) is 109 cm³/mol. The number of anilines is 2. The predicted octanol–water partition coefficient (Wildman–Crippen LogP) is 5.02. The van der Waals surface area contributed by atoms with Gasteiger partial charge in [-0.15, -0.1) is 0 Å². The van der Waals surface area contributed by atoms with Crippen LogP contribution in [0.3, 0.4) is 0 Å². The molecule has 5 nitrogen and oxygen atoms in total. The number of benzene rings is 1. The van der Waals surface area contributed by atoms with E-state index in [9.17, 15) is 4.79 Å². The van der Waals surface area contributed by atoms with Gasteiger partial charge in [-0.3, -0.25) is 9.78 Å². The average molecular weight is 367 g/mol. The minimum absolute atomic E-state index is 0.0332. The van der Waals surface area contributed by atoms with Crippen molar-refractivity contribution >= 4 is 17.3 Å². The van der Waals surface area contributed by atoms with Gasteiger partial charge in [-0.05, 0) is 75.9 Å². The molecule has 0 saturated carbocycles. The number of pyridine rings is 1. The fraction of sp³-hybridized carbons (Fsp3) is 0.455. The van der Waals surface area contributed by atoms with E-state index in [0.29, 0.717) is 11.7 Å². The highest BCUT2D eigenvalue weighted by Gasteiger charge is 2.26. The summed E-state index contributed by atoms with van der Waals surface area (Å²) in [7, 11) is 0. The van der Waals surface area contributed by atoms with Crippen molar-refractivity contribution in [1.29, 1.82) is 0 Å². The molecule has 1 unspecified atom stereocenters. The Morgan fingerprint density at radius 3 is 2.70 bits per heavy atom. The molecule has 2 aromatic rings. The Bertz CT molecular complexity index is 758. The van der Waals surface area contributed by atoms with Gasteiger partial charge in [0.25, 0.3) is 5.91 Å². The lowest BCUT2D eigenvalue weighted by Gasteiger charge is -2.35. The van der Waals surface area contributed by atoms with Crippen LogP contribution in [0.5, 0.6) is 5.75 Å². The summed E-state index contributed by atoms with van der Waals surface area (Å²) in [6.45, 7) is 6.99.